The Bertz CT molecular complexity index is 857. The summed E-state index contributed by atoms with van der Waals surface area (Å²) in [4.78, 5) is 19.2. The third-order valence-corrected chi connectivity index (χ3v) is 3.49. The van der Waals surface area contributed by atoms with E-state index in [1.54, 1.807) is 6.20 Å². The number of carbonyl (C=O) groups is 1. The first-order chi connectivity index (χ1) is 10.2. The number of aromatic amines is 1. The number of nitrogens with zero attached hydrogens (tertiary/aromatic N) is 1. The largest absolute Gasteiger partial charge is 0.353 e. The van der Waals surface area contributed by atoms with E-state index in [1.807, 2.05) is 24.3 Å². The smallest absolute Gasteiger partial charge is 0.217 e. The fraction of sp³-hybridized carbons (Fsp3) is 0.176. The minimum Gasteiger partial charge on any atom is -0.353 e. The van der Waals surface area contributed by atoms with Gasteiger partial charge in [0.2, 0.25) is 5.91 Å². The molecule has 2 heterocycles. The summed E-state index contributed by atoms with van der Waals surface area (Å²) < 4.78 is 0. The van der Waals surface area contributed by atoms with Crippen molar-refractivity contribution < 1.29 is 4.79 Å². The first-order valence-corrected chi connectivity index (χ1v) is 6.76. The average Bonchev–Trinajstić information content (AvgIpc) is 2.85. The van der Waals surface area contributed by atoms with Gasteiger partial charge in [-0.05, 0) is 12.1 Å². The Kier molecular flexibility index (Phi) is 3.33. The number of amides is 1. The molecule has 2 aromatic heterocycles. The van der Waals surface area contributed by atoms with Gasteiger partial charge >= 0.3 is 0 Å². The van der Waals surface area contributed by atoms with E-state index >= 15 is 0 Å². The fourth-order valence-corrected chi connectivity index (χ4v) is 2.64. The Morgan fingerprint density at radius 2 is 2.19 bits per heavy atom. The van der Waals surface area contributed by atoms with Gasteiger partial charge in [-0.25, -0.2) is 0 Å². The SMILES string of the molecule is C#CC[C@@H](NC(C)=O)c1nccc2c1[nH]c1ccccc12. The van der Waals surface area contributed by atoms with E-state index in [2.05, 4.69) is 27.3 Å². The molecule has 0 unspecified atom stereocenters. The van der Waals surface area contributed by atoms with Crippen LogP contribution >= 0.6 is 0 Å². The molecular formula is C17H15N3O. The highest BCUT2D eigenvalue weighted by Crippen LogP contribution is 2.29. The molecule has 3 aromatic rings. The van der Waals surface area contributed by atoms with Crippen LogP contribution in [0, 0.1) is 12.3 Å². The topological polar surface area (TPSA) is 57.8 Å². The number of H-pyrrole nitrogens is 1. The summed E-state index contributed by atoms with van der Waals surface area (Å²) in [6.07, 6.45) is 7.58. The molecule has 0 aliphatic rings. The van der Waals surface area contributed by atoms with E-state index in [-0.39, 0.29) is 11.9 Å². The van der Waals surface area contributed by atoms with Crippen molar-refractivity contribution in [2.45, 2.75) is 19.4 Å². The summed E-state index contributed by atoms with van der Waals surface area (Å²) in [5, 5.41) is 5.09. The predicted octanol–water partition coefficient (Wildman–Crippen LogP) is 2.92. The van der Waals surface area contributed by atoms with E-state index in [0.29, 0.717) is 6.42 Å². The maximum Gasteiger partial charge on any atom is 0.217 e. The van der Waals surface area contributed by atoms with Crippen LogP contribution in [0.3, 0.4) is 0 Å². The molecule has 0 aliphatic carbocycles. The Morgan fingerprint density at radius 3 is 2.95 bits per heavy atom. The van der Waals surface area contributed by atoms with Gasteiger partial charge in [-0.2, -0.15) is 0 Å². The quantitative estimate of drug-likeness (QED) is 0.723. The molecule has 0 spiro atoms. The zero-order valence-electron chi connectivity index (χ0n) is 11.7. The van der Waals surface area contributed by atoms with Crippen LogP contribution in [0.2, 0.25) is 0 Å². The van der Waals surface area contributed by atoms with Crippen LogP contribution in [-0.4, -0.2) is 15.9 Å². The molecule has 104 valence electrons. The molecule has 0 radical (unpaired) electrons. The van der Waals surface area contributed by atoms with Crippen molar-refractivity contribution in [2.24, 2.45) is 0 Å². The second-order valence-corrected chi connectivity index (χ2v) is 4.95. The number of para-hydroxylation sites is 1. The number of fused-ring (bicyclic) bond motifs is 3. The minimum atomic E-state index is -0.288. The lowest BCUT2D eigenvalue weighted by Crippen LogP contribution is -2.26. The predicted molar refractivity (Wildman–Crippen MR) is 83.6 cm³/mol. The first-order valence-electron chi connectivity index (χ1n) is 6.76. The number of hydrogen-bond donors (Lipinski definition) is 2. The van der Waals surface area contributed by atoms with Gasteiger partial charge < -0.3 is 10.3 Å². The van der Waals surface area contributed by atoms with Gasteiger partial charge in [-0.3, -0.25) is 9.78 Å². The van der Waals surface area contributed by atoms with Crippen LogP contribution < -0.4 is 5.32 Å². The highest BCUT2D eigenvalue weighted by molar-refractivity contribution is 6.07. The number of aromatic nitrogens is 2. The number of terminal acetylenes is 1. The average molecular weight is 277 g/mol. The summed E-state index contributed by atoms with van der Waals surface area (Å²) in [7, 11) is 0. The Balaban J connectivity index is 2.22. The summed E-state index contributed by atoms with van der Waals surface area (Å²) in [6.45, 7) is 1.48. The molecule has 4 nitrogen and oxygen atoms in total. The van der Waals surface area contributed by atoms with Crippen LogP contribution in [-0.2, 0) is 4.79 Å². The number of benzene rings is 1. The first kappa shape index (κ1) is 13.2. The molecule has 0 saturated heterocycles. The van der Waals surface area contributed by atoms with Crippen LogP contribution in [0.15, 0.2) is 36.5 Å². The zero-order chi connectivity index (χ0) is 14.8. The van der Waals surface area contributed by atoms with Crippen LogP contribution in [0.5, 0.6) is 0 Å². The van der Waals surface area contributed by atoms with E-state index in [4.69, 9.17) is 6.42 Å². The van der Waals surface area contributed by atoms with Gasteiger partial charge in [0, 0.05) is 35.8 Å². The third-order valence-electron chi connectivity index (χ3n) is 3.49. The zero-order valence-corrected chi connectivity index (χ0v) is 11.7. The molecular weight excluding hydrogens is 262 g/mol. The summed E-state index contributed by atoms with van der Waals surface area (Å²) in [6, 6.07) is 9.75. The molecule has 2 N–H and O–H groups in total. The van der Waals surface area contributed by atoms with E-state index in [9.17, 15) is 4.79 Å². The standard InChI is InChI=1S/C17H15N3O/c1-3-6-15(19-11(2)21)17-16-13(9-10-18-17)12-7-4-5-8-14(12)20-16/h1,4-5,7-10,15,20H,6H2,2H3,(H,19,21)/t15-/m1/s1. The molecule has 3 rings (SSSR count). The van der Waals surface area contributed by atoms with Gasteiger partial charge in [-0.1, -0.05) is 18.2 Å². The number of carbonyl (C=O) groups excluding carboxylic acids is 1. The molecule has 4 heteroatoms. The van der Waals surface area contributed by atoms with Crippen LogP contribution in [0.4, 0.5) is 0 Å². The molecule has 0 saturated carbocycles. The van der Waals surface area contributed by atoms with Gasteiger partial charge in [0.1, 0.15) is 0 Å². The highest BCUT2D eigenvalue weighted by Gasteiger charge is 2.18. The number of rotatable bonds is 3. The highest BCUT2D eigenvalue weighted by atomic mass is 16.1. The molecule has 1 atom stereocenters. The monoisotopic (exact) mass is 277 g/mol. The lowest BCUT2D eigenvalue weighted by atomic mass is 10.1. The normalized spacial score (nSPS) is 12.2. The second-order valence-electron chi connectivity index (χ2n) is 4.95. The summed E-state index contributed by atoms with van der Waals surface area (Å²) >= 11 is 0. The molecule has 0 aliphatic heterocycles. The van der Waals surface area contributed by atoms with E-state index in [0.717, 1.165) is 27.5 Å². The van der Waals surface area contributed by atoms with Crippen molar-refractivity contribution in [2.75, 3.05) is 0 Å². The Hall–Kier alpha value is -2.80. The van der Waals surface area contributed by atoms with E-state index < -0.39 is 0 Å². The molecule has 1 aromatic carbocycles. The molecule has 0 fully saturated rings. The minimum absolute atomic E-state index is 0.120. The van der Waals surface area contributed by atoms with Crippen LogP contribution in [0.25, 0.3) is 21.8 Å². The van der Waals surface area contributed by atoms with Crippen molar-refractivity contribution in [3.8, 4) is 12.3 Å². The molecule has 0 bridgehead atoms. The second kappa shape index (κ2) is 5.29. The van der Waals surface area contributed by atoms with Crippen molar-refractivity contribution >= 4 is 27.7 Å². The van der Waals surface area contributed by atoms with Crippen molar-refractivity contribution in [1.82, 2.24) is 15.3 Å². The summed E-state index contributed by atoms with van der Waals surface area (Å²) in [5.74, 6) is 2.48. The van der Waals surface area contributed by atoms with Crippen molar-refractivity contribution in [1.29, 1.82) is 0 Å². The third kappa shape index (κ3) is 2.34. The Morgan fingerprint density at radius 1 is 1.38 bits per heavy atom. The van der Waals surface area contributed by atoms with Gasteiger partial charge in [0.15, 0.2) is 0 Å². The lowest BCUT2D eigenvalue weighted by Gasteiger charge is -2.15. The van der Waals surface area contributed by atoms with Crippen molar-refractivity contribution in [3.63, 3.8) is 0 Å². The van der Waals surface area contributed by atoms with E-state index in [1.165, 1.54) is 6.92 Å². The van der Waals surface area contributed by atoms with Crippen molar-refractivity contribution in [3.05, 3.63) is 42.2 Å². The number of nitrogens with one attached hydrogen (secondary N) is 2. The maximum atomic E-state index is 11.4. The molecule has 1 amide bonds. The van der Waals surface area contributed by atoms with Crippen LogP contribution in [0.1, 0.15) is 25.1 Å². The summed E-state index contributed by atoms with van der Waals surface area (Å²) in [5.41, 5.74) is 2.74. The van der Waals surface area contributed by atoms with Gasteiger partial charge in [0.25, 0.3) is 0 Å². The fourth-order valence-electron chi connectivity index (χ4n) is 2.64. The Labute approximate surface area is 122 Å². The maximum absolute atomic E-state index is 11.4. The lowest BCUT2D eigenvalue weighted by molar-refractivity contribution is -0.119. The number of pyridine rings is 1. The number of hydrogen-bond acceptors (Lipinski definition) is 2. The molecule has 21 heavy (non-hydrogen) atoms. The van der Waals surface area contributed by atoms with Gasteiger partial charge in [0.05, 0.1) is 17.3 Å². The van der Waals surface area contributed by atoms with Gasteiger partial charge in [-0.15, -0.1) is 12.3 Å².